The van der Waals surface area contributed by atoms with Crippen molar-refractivity contribution in [2.45, 2.75) is 6.42 Å². The van der Waals surface area contributed by atoms with Crippen molar-refractivity contribution < 1.29 is 19.1 Å². The summed E-state index contributed by atoms with van der Waals surface area (Å²) in [5.41, 5.74) is 0.480. The van der Waals surface area contributed by atoms with E-state index < -0.39 is 0 Å². The predicted octanol–water partition coefficient (Wildman–Crippen LogP) is 0.581. The molecule has 1 aromatic rings. The van der Waals surface area contributed by atoms with Crippen LogP contribution in [0.3, 0.4) is 0 Å². The fourth-order valence-electron chi connectivity index (χ4n) is 1.71. The molecule has 2 amide bonds. The van der Waals surface area contributed by atoms with E-state index in [1.807, 2.05) is 7.05 Å². The normalized spacial score (nSPS) is 9.52. The number of likely N-dealkylation sites (N-methyl/N-ethyl adjacent to an activating group) is 1. The number of carbonyl (C=O) groups is 2. The maximum Gasteiger partial charge on any atom is 0.257 e. The summed E-state index contributed by atoms with van der Waals surface area (Å²) in [6, 6.07) is 4.84. The van der Waals surface area contributed by atoms with Crippen molar-refractivity contribution in [3.05, 3.63) is 23.8 Å². The molecular formula is C15H24ClN3O4. The van der Waals surface area contributed by atoms with E-state index in [9.17, 15) is 9.59 Å². The topological polar surface area (TPSA) is 88.7 Å². The van der Waals surface area contributed by atoms with Crippen molar-refractivity contribution in [2.24, 2.45) is 0 Å². The summed E-state index contributed by atoms with van der Waals surface area (Å²) in [5.74, 6) is 0.408. The van der Waals surface area contributed by atoms with Crippen LogP contribution < -0.4 is 25.4 Å². The molecule has 130 valence electrons. The Morgan fingerprint density at radius 1 is 1.13 bits per heavy atom. The highest BCUT2D eigenvalue weighted by atomic mass is 35.5. The standard InChI is InChI=1S/C15H23N3O4.ClH/c1-16-7-4-8-18-15(20)11-5-6-12(13(9-11)21-3)22-10-14(19)17-2;/h5-6,9,16H,4,7-8,10H2,1-3H3,(H,17,19)(H,18,20);1H. The second-order valence-electron chi connectivity index (χ2n) is 4.54. The third kappa shape index (κ3) is 7.21. The minimum Gasteiger partial charge on any atom is -0.493 e. The minimum atomic E-state index is -0.242. The van der Waals surface area contributed by atoms with Crippen molar-refractivity contribution in [3.63, 3.8) is 0 Å². The minimum absolute atomic E-state index is 0. The Hall–Kier alpha value is -1.99. The van der Waals surface area contributed by atoms with Gasteiger partial charge in [0.05, 0.1) is 7.11 Å². The Labute approximate surface area is 142 Å². The van der Waals surface area contributed by atoms with Gasteiger partial charge in [0.25, 0.3) is 11.8 Å². The van der Waals surface area contributed by atoms with Crippen molar-refractivity contribution in [3.8, 4) is 11.5 Å². The molecule has 0 aliphatic rings. The molecule has 3 N–H and O–H groups in total. The van der Waals surface area contributed by atoms with Gasteiger partial charge in [-0.25, -0.2) is 0 Å². The summed E-state index contributed by atoms with van der Waals surface area (Å²) in [7, 11) is 4.88. The van der Waals surface area contributed by atoms with Gasteiger partial charge in [-0.15, -0.1) is 12.4 Å². The Balaban J connectivity index is 0.00000484. The van der Waals surface area contributed by atoms with Crippen molar-refractivity contribution in [1.29, 1.82) is 0 Å². The lowest BCUT2D eigenvalue weighted by molar-refractivity contribution is -0.122. The molecule has 8 heteroatoms. The van der Waals surface area contributed by atoms with Crippen LogP contribution in [0.5, 0.6) is 11.5 Å². The van der Waals surface area contributed by atoms with Crippen LogP contribution in [-0.2, 0) is 4.79 Å². The Kier molecular flexibility index (Phi) is 10.6. The van der Waals surface area contributed by atoms with Gasteiger partial charge in [0.15, 0.2) is 18.1 Å². The molecule has 0 atom stereocenters. The van der Waals surface area contributed by atoms with Crippen LogP contribution in [0.15, 0.2) is 18.2 Å². The number of nitrogens with one attached hydrogen (secondary N) is 3. The second kappa shape index (κ2) is 11.6. The fraction of sp³-hybridized carbons (Fsp3) is 0.467. The quantitative estimate of drug-likeness (QED) is 0.570. The van der Waals surface area contributed by atoms with Gasteiger partial charge in [0, 0.05) is 19.2 Å². The van der Waals surface area contributed by atoms with Crippen LogP contribution in [0.1, 0.15) is 16.8 Å². The molecule has 0 aliphatic heterocycles. The fourth-order valence-corrected chi connectivity index (χ4v) is 1.71. The number of benzene rings is 1. The third-order valence-corrected chi connectivity index (χ3v) is 2.95. The van der Waals surface area contributed by atoms with Crippen molar-refractivity contribution >= 4 is 24.2 Å². The van der Waals surface area contributed by atoms with Crippen LogP contribution in [0.2, 0.25) is 0 Å². The molecule has 1 aromatic carbocycles. The summed E-state index contributed by atoms with van der Waals surface area (Å²) in [5, 5.41) is 8.30. The third-order valence-electron chi connectivity index (χ3n) is 2.95. The summed E-state index contributed by atoms with van der Waals surface area (Å²) < 4.78 is 10.5. The smallest absolute Gasteiger partial charge is 0.257 e. The number of hydrogen-bond acceptors (Lipinski definition) is 5. The van der Waals surface area contributed by atoms with E-state index in [-0.39, 0.29) is 30.8 Å². The van der Waals surface area contributed by atoms with Crippen LogP contribution in [0.25, 0.3) is 0 Å². The molecule has 1 rings (SSSR count). The van der Waals surface area contributed by atoms with Crippen LogP contribution >= 0.6 is 12.4 Å². The lowest BCUT2D eigenvalue weighted by atomic mass is 10.2. The van der Waals surface area contributed by atoms with Crippen molar-refractivity contribution in [2.75, 3.05) is 40.9 Å². The molecule has 0 fully saturated rings. The van der Waals surface area contributed by atoms with Crippen LogP contribution in [-0.4, -0.2) is 52.7 Å². The van der Waals surface area contributed by atoms with E-state index in [0.29, 0.717) is 23.6 Å². The maximum absolute atomic E-state index is 12.0. The first-order chi connectivity index (χ1) is 10.6. The van der Waals surface area contributed by atoms with Gasteiger partial charge in [-0.2, -0.15) is 0 Å². The SMILES string of the molecule is CNCCCNC(=O)c1ccc(OCC(=O)NC)c(OC)c1.Cl. The van der Waals surface area contributed by atoms with Crippen molar-refractivity contribution in [1.82, 2.24) is 16.0 Å². The maximum atomic E-state index is 12.0. The van der Waals surface area contributed by atoms with Gasteiger partial charge in [0.1, 0.15) is 0 Å². The van der Waals surface area contributed by atoms with Gasteiger partial charge in [-0.3, -0.25) is 9.59 Å². The van der Waals surface area contributed by atoms with E-state index in [2.05, 4.69) is 16.0 Å². The van der Waals surface area contributed by atoms with Gasteiger partial charge in [0.2, 0.25) is 0 Å². The molecule has 23 heavy (non-hydrogen) atoms. The molecular weight excluding hydrogens is 322 g/mol. The highest BCUT2D eigenvalue weighted by molar-refractivity contribution is 5.94. The van der Waals surface area contributed by atoms with Crippen LogP contribution in [0, 0.1) is 0 Å². The van der Waals surface area contributed by atoms with E-state index in [1.54, 1.807) is 18.2 Å². The zero-order chi connectivity index (χ0) is 16.4. The molecule has 0 spiro atoms. The van der Waals surface area contributed by atoms with Gasteiger partial charge < -0.3 is 25.4 Å². The first-order valence-corrected chi connectivity index (χ1v) is 7.06. The van der Waals surface area contributed by atoms with E-state index in [0.717, 1.165) is 13.0 Å². The first kappa shape index (κ1) is 21.0. The summed E-state index contributed by atoms with van der Waals surface area (Å²) >= 11 is 0. The monoisotopic (exact) mass is 345 g/mol. The molecule has 0 unspecified atom stereocenters. The average molecular weight is 346 g/mol. The number of carbonyl (C=O) groups excluding carboxylic acids is 2. The second-order valence-corrected chi connectivity index (χ2v) is 4.54. The molecule has 0 aromatic heterocycles. The lowest BCUT2D eigenvalue weighted by Gasteiger charge is -2.12. The van der Waals surface area contributed by atoms with E-state index in [1.165, 1.54) is 14.2 Å². The molecule has 0 radical (unpaired) electrons. The van der Waals surface area contributed by atoms with E-state index in [4.69, 9.17) is 9.47 Å². The van der Waals surface area contributed by atoms with Gasteiger partial charge in [-0.1, -0.05) is 0 Å². The molecule has 0 aliphatic carbocycles. The molecule has 0 heterocycles. The zero-order valence-electron chi connectivity index (χ0n) is 13.6. The molecule has 0 saturated carbocycles. The molecule has 7 nitrogen and oxygen atoms in total. The Morgan fingerprint density at radius 2 is 1.87 bits per heavy atom. The first-order valence-electron chi connectivity index (χ1n) is 7.06. The zero-order valence-corrected chi connectivity index (χ0v) is 14.4. The van der Waals surface area contributed by atoms with Crippen LogP contribution in [0.4, 0.5) is 0 Å². The number of methoxy groups -OCH3 is 1. The number of halogens is 1. The highest BCUT2D eigenvalue weighted by Crippen LogP contribution is 2.28. The molecule has 0 saturated heterocycles. The average Bonchev–Trinajstić information content (AvgIpc) is 2.56. The predicted molar refractivity (Wildman–Crippen MR) is 90.7 cm³/mol. The number of ether oxygens (including phenoxy) is 2. The van der Waals surface area contributed by atoms with Gasteiger partial charge >= 0.3 is 0 Å². The lowest BCUT2D eigenvalue weighted by Crippen LogP contribution is -2.26. The summed E-state index contributed by atoms with van der Waals surface area (Å²) in [4.78, 5) is 23.2. The van der Waals surface area contributed by atoms with Gasteiger partial charge in [-0.05, 0) is 38.2 Å². The number of rotatable bonds is 9. The Morgan fingerprint density at radius 3 is 2.48 bits per heavy atom. The highest BCUT2D eigenvalue weighted by Gasteiger charge is 2.11. The largest absolute Gasteiger partial charge is 0.493 e. The Bertz CT molecular complexity index is 511. The number of amides is 2. The number of hydrogen-bond donors (Lipinski definition) is 3. The summed E-state index contributed by atoms with van der Waals surface area (Å²) in [6.07, 6.45) is 0.854. The van der Waals surface area contributed by atoms with E-state index >= 15 is 0 Å². The summed E-state index contributed by atoms with van der Waals surface area (Å²) in [6.45, 7) is 1.33. The molecule has 0 bridgehead atoms.